The predicted molar refractivity (Wildman–Crippen MR) is 110 cm³/mol. The summed E-state index contributed by atoms with van der Waals surface area (Å²) in [6.45, 7) is 6.97. The number of hydrogen-bond donors (Lipinski definition) is 1. The van der Waals surface area contributed by atoms with Gasteiger partial charge in [-0.25, -0.2) is 0 Å². The number of methoxy groups -OCH3 is 1. The molecule has 1 aliphatic heterocycles. The predicted octanol–water partition coefficient (Wildman–Crippen LogP) is 3.41. The molecular formula is C21H26ClN3O2. The minimum Gasteiger partial charge on any atom is -0.497 e. The molecule has 0 aliphatic carbocycles. The number of carbonyl (C=O) groups excluding carboxylic acids is 1. The molecule has 1 N–H and O–H groups in total. The smallest absolute Gasteiger partial charge is 0.238 e. The monoisotopic (exact) mass is 387 g/mol. The number of amides is 1. The zero-order chi connectivity index (χ0) is 19.2. The Hall–Kier alpha value is -2.08. The van der Waals surface area contributed by atoms with Gasteiger partial charge in [0.25, 0.3) is 0 Å². The summed E-state index contributed by atoms with van der Waals surface area (Å²) in [5.74, 6) is 0.883. The van der Waals surface area contributed by atoms with Crippen LogP contribution in [0.4, 0.5) is 5.69 Å². The molecule has 0 unspecified atom stereocenters. The van der Waals surface area contributed by atoms with E-state index in [2.05, 4.69) is 27.2 Å². The van der Waals surface area contributed by atoms with E-state index in [1.165, 1.54) is 5.56 Å². The minimum absolute atomic E-state index is 0.00368. The van der Waals surface area contributed by atoms with Crippen LogP contribution in [0.15, 0.2) is 42.5 Å². The Balaban J connectivity index is 1.44. The molecule has 0 spiro atoms. The van der Waals surface area contributed by atoms with Crippen molar-refractivity contribution in [3.05, 3.63) is 58.6 Å². The molecule has 6 heteroatoms. The second kappa shape index (κ2) is 9.22. The van der Waals surface area contributed by atoms with Crippen LogP contribution < -0.4 is 10.1 Å². The number of piperazine rings is 1. The Bertz CT molecular complexity index is 771. The van der Waals surface area contributed by atoms with Crippen LogP contribution in [0.2, 0.25) is 5.02 Å². The van der Waals surface area contributed by atoms with Gasteiger partial charge in [-0.15, -0.1) is 0 Å². The Morgan fingerprint density at radius 2 is 1.74 bits per heavy atom. The minimum atomic E-state index is 0.00368. The fraction of sp³-hybridized carbons (Fsp3) is 0.381. The molecule has 1 saturated heterocycles. The molecule has 0 saturated carbocycles. The highest BCUT2D eigenvalue weighted by molar-refractivity contribution is 6.31. The third-order valence-corrected chi connectivity index (χ3v) is 5.11. The number of carbonyl (C=O) groups is 1. The van der Waals surface area contributed by atoms with Crippen molar-refractivity contribution in [1.82, 2.24) is 9.80 Å². The Morgan fingerprint density at radius 1 is 1.07 bits per heavy atom. The van der Waals surface area contributed by atoms with Crippen LogP contribution in [0.5, 0.6) is 5.75 Å². The van der Waals surface area contributed by atoms with E-state index in [9.17, 15) is 4.79 Å². The lowest BCUT2D eigenvalue weighted by Crippen LogP contribution is -2.48. The van der Waals surface area contributed by atoms with E-state index < -0.39 is 0 Å². The first kappa shape index (κ1) is 19.7. The first-order valence-electron chi connectivity index (χ1n) is 9.17. The number of benzene rings is 2. The molecule has 3 rings (SSSR count). The van der Waals surface area contributed by atoms with E-state index >= 15 is 0 Å². The molecule has 0 bridgehead atoms. The SMILES string of the molecule is COc1ccc(CN2CCN(CC(=O)Nc3cc(Cl)ccc3C)CC2)cc1. The zero-order valence-corrected chi connectivity index (χ0v) is 16.6. The second-order valence-electron chi connectivity index (χ2n) is 6.91. The molecule has 0 radical (unpaired) electrons. The number of halogens is 1. The third-order valence-electron chi connectivity index (χ3n) is 4.87. The van der Waals surface area contributed by atoms with Crippen LogP contribution in [0.1, 0.15) is 11.1 Å². The summed E-state index contributed by atoms with van der Waals surface area (Å²) in [5.41, 5.74) is 3.07. The van der Waals surface area contributed by atoms with Gasteiger partial charge in [-0.1, -0.05) is 29.8 Å². The Kier molecular flexibility index (Phi) is 6.72. The van der Waals surface area contributed by atoms with Crippen molar-refractivity contribution < 1.29 is 9.53 Å². The maximum Gasteiger partial charge on any atom is 0.238 e. The van der Waals surface area contributed by atoms with Crippen LogP contribution in [-0.2, 0) is 11.3 Å². The number of nitrogens with zero attached hydrogens (tertiary/aromatic N) is 2. The van der Waals surface area contributed by atoms with Gasteiger partial charge < -0.3 is 10.1 Å². The highest BCUT2D eigenvalue weighted by Crippen LogP contribution is 2.20. The number of anilines is 1. The molecule has 2 aromatic carbocycles. The highest BCUT2D eigenvalue weighted by atomic mass is 35.5. The summed E-state index contributed by atoms with van der Waals surface area (Å²) in [4.78, 5) is 17.0. The van der Waals surface area contributed by atoms with Crippen molar-refractivity contribution in [3.63, 3.8) is 0 Å². The van der Waals surface area contributed by atoms with Crippen LogP contribution >= 0.6 is 11.6 Å². The van der Waals surface area contributed by atoms with Crippen molar-refractivity contribution in [1.29, 1.82) is 0 Å². The number of aryl methyl sites for hydroxylation is 1. The highest BCUT2D eigenvalue weighted by Gasteiger charge is 2.19. The normalized spacial score (nSPS) is 15.5. The van der Waals surface area contributed by atoms with Crippen LogP contribution in [0.3, 0.4) is 0 Å². The summed E-state index contributed by atoms with van der Waals surface area (Å²) >= 11 is 6.02. The molecule has 1 amide bonds. The van der Waals surface area contributed by atoms with E-state index in [1.54, 1.807) is 13.2 Å². The van der Waals surface area contributed by atoms with E-state index in [0.717, 1.165) is 49.7 Å². The van der Waals surface area contributed by atoms with Crippen molar-refractivity contribution in [2.75, 3.05) is 45.2 Å². The summed E-state index contributed by atoms with van der Waals surface area (Å²) in [7, 11) is 1.68. The number of rotatable bonds is 6. The molecule has 2 aromatic rings. The topological polar surface area (TPSA) is 44.8 Å². The molecular weight excluding hydrogens is 362 g/mol. The van der Waals surface area contributed by atoms with E-state index in [0.29, 0.717) is 11.6 Å². The second-order valence-corrected chi connectivity index (χ2v) is 7.34. The number of hydrogen-bond acceptors (Lipinski definition) is 4. The van der Waals surface area contributed by atoms with Crippen molar-refractivity contribution in [3.8, 4) is 5.75 Å². The fourth-order valence-corrected chi connectivity index (χ4v) is 3.39. The molecule has 0 atom stereocenters. The maximum atomic E-state index is 12.4. The van der Waals surface area contributed by atoms with E-state index in [4.69, 9.17) is 16.3 Å². The van der Waals surface area contributed by atoms with Crippen molar-refractivity contribution in [2.24, 2.45) is 0 Å². The van der Waals surface area contributed by atoms with Gasteiger partial charge in [-0.05, 0) is 42.3 Å². The van der Waals surface area contributed by atoms with Gasteiger partial charge >= 0.3 is 0 Å². The molecule has 0 aromatic heterocycles. The van der Waals surface area contributed by atoms with Crippen molar-refractivity contribution >= 4 is 23.2 Å². The maximum absolute atomic E-state index is 12.4. The summed E-state index contributed by atoms with van der Waals surface area (Å²) < 4.78 is 5.20. The Morgan fingerprint density at radius 3 is 2.41 bits per heavy atom. The molecule has 1 fully saturated rings. The average Bonchev–Trinajstić information content (AvgIpc) is 2.67. The van der Waals surface area contributed by atoms with E-state index in [1.807, 2.05) is 31.2 Å². The fourth-order valence-electron chi connectivity index (χ4n) is 3.22. The van der Waals surface area contributed by atoms with Crippen LogP contribution in [0, 0.1) is 6.92 Å². The largest absolute Gasteiger partial charge is 0.497 e. The summed E-state index contributed by atoms with van der Waals surface area (Å²) in [6.07, 6.45) is 0. The van der Waals surface area contributed by atoms with Gasteiger partial charge in [0.05, 0.1) is 13.7 Å². The molecule has 5 nitrogen and oxygen atoms in total. The number of nitrogens with one attached hydrogen (secondary N) is 1. The van der Waals surface area contributed by atoms with Gasteiger partial charge in [0.15, 0.2) is 0 Å². The lowest BCUT2D eigenvalue weighted by Gasteiger charge is -2.34. The molecule has 144 valence electrons. The third kappa shape index (κ3) is 5.70. The quantitative estimate of drug-likeness (QED) is 0.825. The zero-order valence-electron chi connectivity index (χ0n) is 15.9. The summed E-state index contributed by atoms with van der Waals surface area (Å²) in [6, 6.07) is 13.7. The van der Waals surface area contributed by atoms with Crippen LogP contribution in [0.25, 0.3) is 0 Å². The molecule has 1 heterocycles. The van der Waals surface area contributed by atoms with Crippen LogP contribution in [-0.4, -0.2) is 55.5 Å². The lowest BCUT2D eigenvalue weighted by molar-refractivity contribution is -0.117. The summed E-state index contributed by atoms with van der Waals surface area (Å²) in [5, 5.41) is 3.60. The average molecular weight is 388 g/mol. The van der Waals surface area contributed by atoms with E-state index in [-0.39, 0.29) is 5.91 Å². The van der Waals surface area contributed by atoms with Gasteiger partial charge in [0.1, 0.15) is 5.75 Å². The van der Waals surface area contributed by atoms with Crippen molar-refractivity contribution in [2.45, 2.75) is 13.5 Å². The van der Waals surface area contributed by atoms with Gasteiger partial charge in [0.2, 0.25) is 5.91 Å². The Labute approximate surface area is 165 Å². The molecule has 27 heavy (non-hydrogen) atoms. The first-order valence-corrected chi connectivity index (χ1v) is 9.55. The van der Waals surface area contributed by atoms with Gasteiger partial charge in [0, 0.05) is 43.4 Å². The van der Waals surface area contributed by atoms with Gasteiger partial charge in [-0.2, -0.15) is 0 Å². The first-order chi connectivity index (χ1) is 13.0. The number of ether oxygens (including phenoxy) is 1. The van der Waals surface area contributed by atoms with Gasteiger partial charge in [-0.3, -0.25) is 14.6 Å². The standard InChI is InChI=1S/C21H26ClN3O2/c1-16-3-6-18(22)13-20(16)23-21(26)15-25-11-9-24(10-12-25)14-17-4-7-19(27-2)8-5-17/h3-8,13H,9-12,14-15H2,1-2H3,(H,23,26). The lowest BCUT2D eigenvalue weighted by atomic mass is 10.2. The molecule has 1 aliphatic rings.